The number of unbranched alkanes of at least 4 members (excludes halogenated alkanes) is 4. The molecule has 20 heavy (non-hydrogen) atoms. The van der Waals surface area contributed by atoms with Crippen LogP contribution >= 0.6 is 11.6 Å². The highest BCUT2D eigenvalue weighted by atomic mass is 35.5. The second kappa shape index (κ2) is 9.45. The van der Waals surface area contributed by atoms with Crippen molar-refractivity contribution in [2.45, 2.75) is 81.5 Å². The molecule has 2 nitrogen and oxygen atoms in total. The van der Waals surface area contributed by atoms with Gasteiger partial charge in [0, 0.05) is 30.3 Å². The second-order valence-electron chi connectivity index (χ2n) is 6.40. The first kappa shape index (κ1) is 18.5. The molecule has 1 saturated carbocycles. The Morgan fingerprint density at radius 1 is 0.900 bits per heavy atom. The standard InChI is InChI=1S/C16H33ClO2Si/c1-18-15(11-7-4-3-5-10-14-17)12-8-6-9-13-16(15,20)19-2/h3-14H2,1-2,20H3. The molecule has 0 spiro atoms. The quantitative estimate of drug-likeness (QED) is 0.279. The average Bonchev–Trinajstić information content (AvgIpc) is 2.63. The average molecular weight is 321 g/mol. The van der Waals surface area contributed by atoms with E-state index in [2.05, 4.69) is 0 Å². The Bertz CT molecular complexity index is 265. The molecule has 0 N–H and O–H groups in total. The third-order valence-electron chi connectivity index (χ3n) is 5.25. The summed E-state index contributed by atoms with van der Waals surface area (Å²) in [6.07, 6.45) is 13.7. The lowest BCUT2D eigenvalue weighted by Gasteiger charge is -2.46. The molecule has 2 atom stereocenters. The number of rotatable bonds is 9. The van der Waals surface area contributed by atoms with E-state index in [-0.39, 0.29) is 10.8 Å². The lowest BCUT2D eigenvalue weighted by molar-refractivity contribution is -0.150. The van der Waals surface area contributed by atoms with Crippen molar-refractivity contribution in [2.24, 2.45) is 0 Å². The Morgan fingerprint density at radius 2 is 1.55 bits per heavy atom. The third-order valence-corrected chi connectivity index (χ3v) is 7.34. The Morgan fingerprint density at radius 3 is 2.20 bits per heavy atom. The molecule has 1 fully saturated rings. The maximum Gasteiger partial charge on any atom is 0.0926 e. The van der Waals surface area contributed by atoms with Crippen molar-refractivity contribution < 1.29 is 9.47 Å². The van der Waals surface area contributed by atoms with Crippen LogP contribution in [0.2, 0.25) is 0 Å². The predicted octanol–water partition coefficient (Wildman–Crippen LogP) is 3.62. The largest absolute Gasteiger partial charge is 0.380 e. The molecule has 2 unspecified atom stereocenters. The van der Waals surface area contributed by atoms with Gasteiger partial charge in [0.25, 0.3) is 0 Å². The van der Waals surface area contributed by atoms with Crippen molar-refractivity contribution >= 4 is 21.8 Å². The van der Waals surface area contributed by atoms with Crippen LogP contribution in [0.1, 0.15) is 70.6 Å². The van der Waals surface area contributed by atoms with E-state index in [9.17, 15) is 0 Å². The third kappa shape index (κ3) is 4.72. The highest BCUT2D eigenvalue weighted by Crippen LogP contribution is 2.42. The van der Waals surface area contributed by atoms with Crippen molar-refractivity contribution in [3.05, 3.63) is 0 Å². The summed E-state index contributed by atoms with van der Waals surface area (Å²) in [6.45, 7) is 0. The molecule has 0 amide bonds. The van der Waals surface area contributed by atoms with E-state index in [0.29, 0.717) is 0 Å². The van der Waals surface area contributed by atoms with Crippen LogP contribution in [-0.2, 0) is 9.47 Å². The summed E-state index contributed by atoms with van der Waals surface area (Å²) >= 11 is 5.72. The van der Waals surface area contributed by atoms with Crippen LogP contribution in [-0.4, -0.2) is 41.2 Å². The minimum Gasteiger partial charge on any atom is -0.380 e. The molecule has 0 aromatic rings. The second-order valence-corrected chi connectivity index (χ2v) is 8.39. The lowest BCUT2D eigenvalue weighted by atomic mass is 9.84. The number of hydrogen-bond donors (Lipinski definition) is 0. The van der Waals surface area contributed by atoms with E-state index < -0.39 is 0 Å². The zero-order valence-electron chi connectivity index (χ0n) is 13.7. The fourth-order valence-electron chi connectivity index (χ4n) is 3.67. The molecule has 0 radical (unpaired) electrons. The summed E-state index contributed by atoms with van der Waals surface area (Å²) in [5.41, 5.74) is -0.0308. The van der Waals surface area contributed by atoms with Gasteiger partial charge in [0.15, 0.2) is 0 Å². The van der Waals surface area contributed by atoms with Gasteiger partial charge in [-0.15, -0.1) is 11.6 Å². The first-order valence-electron chi connectivity index (χ1n) is 8.30. The first-order valence-corrected chi connectivity index (χ1v) is 9.84. The molecule has 1 aliphatic rings. The van der Waals surface area contributed by atoms with Crippen molar-refractivity contribution in [1.82, 2.24) is 0 Å². The number of methoxy groups -OCH3 is 2. The van der Waals surface area contributed by atoms with E-state index in [1.807, 2.05) is 14.2 Å². The summed E-state index contributed by atoms with van der Waals surface area (Å²) < 4.78 is 12.1. The smallest absolute Gasteiger partial charge is 0.0926 e. The highest BCUT2D eigenvalue weighted by Gasteiger charge is 2.48. The summed E-state index contributed by atoms with van der Waals surface area (Å²) in [7, 11) is 4.83. The van der Waals surface area contributed by atoms with Crippen molar-refractivity contribution in [3.8, 4) is 0 Å². The number of hydrogen-bond acceptors (Lipinski definition) is 2. The topological polar surface area (TPSA) is 18.5 Å². The van der Waals surface area contributed by atoms with Crippen LogP contribution in [0.3, 0.4) is 0 Å². The summed E-state index contributed by atoms with van der Waals surface area (Å²) in [4.78, 5) is 0. The van der Waals surface area contributed by atoms with Crippen LogP contribution in [0, 0.1) is 0 Å². The van der Waals surface area contributed by atoms with Crippen LogP contribution in [0.5, 0.6) is 0 Å². The molecule has 0 aliphatic heterocycles. The number of alkyl halides is 1. The van der Waals surface area contributed by atoms with Crippen molar-refractivity contribution in [1.29, 1.82) is 0 Å². The number of halogens is 1. The van der Waals surface area contributed by atoms with E-state index >= 15 is 0 Å². The van der Waals surface area contributed by atoms with Gasteiger partial charge in [-0.2, -0.15) is 0 Å². The van der Waals surface area contributed by atoms with E-state index in [1.165, 1.54) is 57.8 Å². The van der Waals surface area contributed by atoms with Gasteiger partial charge in [-0.1, -0.05) is 44.9 Å². The zero-order chi connectivity index (χ0) is 14.9. The lowest BCUT2D eigenvalue weighted by Crippen LogP contribution is -2.56. The maximum atomic E-state index is 6.08. The van der Waals surface area contributed by atoms with Gasteiger partial charge < -0.3 is 9.47 Å². The molecule has 0 heterocycles. The molecule has 120 valence electrons. The minimum absolute atomic E-state index is 0.00832. The fraction of sp³-hybridized carbons (Fsp3) is 1.00. The van der Waals surface area contributed by atoms with Crippen LogP contribution in [0.15, 0.2) is 0 Å². The van der Waals surface area contributed by atoms with E-state index in [1.54, 1.807) is 0 Å². The normalized spacial score (nSPS) is 31.4. The molecule has 1 rings (SSSR count). The van der Waals surface area contributed by atoms with Gasteiger partial charge >= 0.3 is 0 Å². The Balaban J connectivity index is 2.53. The molecule has 0 aromatic heterocycles. The molecule has 1 aliphatic carbocycles. The highest BCUT2D eigenvalue weighted by molar-refractivity contribution is 6.17. The molecule has 0 aromatic carbocycles. The van der Waals surface area contributed by atoms with Gasteiger partial charge in [-0.3, -0.25) is 0 Å². The van der Waals surface area contributed by atoms with Crippen molar-refractivity contribution in [3.63, 3.8) is 0 Å². The van der Waals surface area contributed by atoms with Crippen LogP contribution < -0.4 is 0 Å². The Hall–Kier alpha value is 0.427. The Kier molecular flexibility index (Phi) is 8.73. The molecule has 4 heteroatoms. The van der Waals surface area contributed by atoms with Crippen molar-refractivity contribution in [2.75, 3.05) is 20.1 Å². The Labute approximate surface area is 133 Å². The van der Waals surface area contributed by atoms with Gasteiger partial charge in [0.2, 0.25) is 0 Å². The summed E-state index contributed by atoms with van der Waals surface area (Å²) in [5, 5.41) is 0.00832. The molecule has 0 bridgehead atoms. The number of ether oxygens (including phenoxy) is 2. The fourth-order valence-corrected chi connectivity index (χ4v) is 4.92. The van der Waals surface area contributed by atoms with Gasteiger partial charge in [-0.05, 0) is 25.7 Å². The predicted molar refractivity (Wildman–Crippen MR) is 90.9 cm³/mol. The first-order chi connectivity index (χ1) is 9.64. The minimum atomic E-state index is -0.0308. The van der Waals surface area contributed by atoms with Gasteiger partial charge in [0.1, 0.15) is 0 Å². The van der Waals surface area contributed by atoms with E-state index in [4.69, 9.17) is 21.1 Å². The SMILES string of the molecule is COC1([SiH3])CCCCCC1(CCCCCCCCl)OC. The van der Waals surface area contributed by atoms with Gasteiger partial charge in [-0.25, -0.2) is 0 Å². The maximum absolute atomic E-state index is 6.08. The van der Waals surface area contributed by atoms with Crippen LogP contribution in [0.25, 0.3) is 0 Å². The monoisotopic (exact) mass is 320 g/mol. The summed E-state index contributed by atoms with van der Waals surface area (Å²) in [5.74, 6) is 0.801. The molecular weight excluding hydrogens is 288 g/mol. The van der Waals surface area contributed by atoms with E-state index in [0.717, 1.165) is 29.0 Å². The molecular formula is C16H33ClO2Si. The summed E-state index contributed by atoms with van der Waals surface area (Å²) in [6, 6.07) is 0. The van der Waals surface area contributed by atoms with Gasteiger partial charge in [0.05, 0.1) is 10.8 Å². The van der Waals surface area contributed by atoms with Crippen LogP contribution in [0.4, 0.5) is 0 Å². The molecule has 0 saturated heterocycles. The zero-order valence-corrected chi connectivity index (χ0v) is 16.4.